The van der Waals surface area contributed by atoms with Gasteiger partial charge in [-0.05, 0) is 53.6 Å². The summed E-state index contributed by atoms with van der Waals surface area (Å²) >= 11 is 0. The maximum Gasteiger partial charge on any atom is 0.292 e. The average molecular weight is 448 g/mol. The van der Waals surface area contributed by atoms with Crippen molar-refractivity contribution >= 4 is 17.6 Å². The standard InChI is InChI=1S/C25H29N5O3/c1-14-10-16(17-8-9-26-20(12-17)28-22(31)19-11-15(19)2)6-7-18(14)13-27-23(32)21-29-24(33-30-21)25(3,4)5/h6-10,12,15,19H,11,13H2,1-5H3,(H,27,32)(H,26,28,31)/t15-,19-/m0/s1. The Kier molecular flexibility index (Phi) is 6.01. The molecule has 1 saturated carbocycles. The third-order valence-electron chi connectivity index (χ3n) is 5.84. The van der Waals surface area contributed by atoms with Gasteiger partial charge in [-0.25, -0.2) is 4.98 Å². The van der Waals surface area contributed by atoms with Gasteiger partial charge in [0, 0.05) is 24.1 Å². The lowest BCUT2D eigenvalue weighted by Crippen LogP contribution is -2.24. The minimum Gasteiger partial charge on any atom is -0.345 e. The number of pyridine rings is 1. The highest BCUT2D eigenvalue weighted by Crippen LogP contribution is 2.38. The van der Waals surface area contributed by atoms with E-state index < -0.39 is 0 Å². The lowest BCUT2D eigenvalue weighted by atomic mass is 9.97. The average Bonchev–Trinajstić information content (AvgIpc) is 3.28. The molecule has 0 radical (unpaired) electrons. The maximum absolute atomic E-state index is 12.4. The number of nitrogens with zero attached hydrogens (tertiary/aromatic N) is 3. The maximum atomic E-state index is 12.4. The summed E-state index contributed by atoms with van der Waals surface area (Å²) in [5, 5.41) is 9.55. The molecule has 33 heavy (non-hydrogen) atoms. The molecular formula is C25H29N5O3. The zero-order valence-corrected chi connectivity index (χ0v) is 19.6. The molecule has 1 fully saturated rings. The van der Waals surface area contributed by atoms with E-state index in [-0.39, 0.29) is 29.0 Å². The first-order valence-corrected chi connectivity index (χ1v) is 11.1. The number of hydrogen-bond acceptors (Lipinski definition) is 6. The molecule has 2 aromatic heterocycles. The molecule has 1 aliphatic rings. The SMILES string of the molecule is Cc1cc(-c2ccnc(NC(=O)[C@H]3C[C@@H]3C)c2)ccc1CNC(=O)c1noc(C(C)(C)C)n1. The zero-order valence-electron chi connectivity index (χ0n) is 19.6. The van der Waals surface area contributed by atoms with Crippen LogP contribution < -0.4 is 10.6 Å². The van der Waals surface area contributed by atoms with Crippen LogP contribution in [0, 0.1) is 18.8 Å². The normalized spacial score (nSPS) is 17.5. The summed E-state index contributed by atoms with van der Waals surface area (Å²) in [6.45, 7) is 10.3. The molecule has 2 amide bonds. The van der Waals surface area contributed by atoms with E-state index >= 15 is 0 Å². The molecule has 1 aromatic carbocycles. The summed E-state index contributed by atoms with van der Waals surface area (Å²) in [4.78, 5) is 33.1. The molecule has 2 heterocycles. The van der Waals surface area contributed by atoms with Crippen LogP contribution in [0.4, 0.5) is 5.82 Å². The van der Waals surface area contributed by atoms with Crippen LogP contribution in [0.1, 0.15) is 61.8 Å². The molecule has 2 N–H and O–H groups in total. The van der Waals surface area contributed by atoms with Crippen LogP contribution in [0.15, 0.2) is 41.1 Å². The molecule has 8 heteroatoms. The van der Waals surface area contributed by atoms with Crippen molar-refractivity contribution in [3.05, 3.63) is 59.4 Å². The van der Waals surface area contributed by atoms with Crippen molar-refractivity contribution in [2.75, 3.05) is 5.32 Å². The predicted octanol–water partition coefficient (Wildman–Crippen LogP) is 4.26. The molecule has 0 saturated heterocycles. The summed E-state index contributed by atoms with van der Waals surface area (Å²) in [5.41, 5.74) is 3.67. The summed E-state index contributed by atoms with van der Waals surface area (Å²) in [6.07, 6.45) is 2.63. The first kappa shape index (κ1) is 22.6. The number of hydrogen-bond donors (Lipinski definition) is 2. The van der Waals surface area contributed by atoms with Crippen molar-refractivity contribution in [1.29, 1.82) is 0 Å². The molecule has 4 rings (SSSR count). The zero-order chi connectivity index (χ0) is 23.8. The molecule has 8 nitrogen and oxygen atoms in total. The van der Waals surface area contributed by atoms with Crippen LogP contribution in [0.3, 0.4) is 0 Å². The number of carbonyl (C=O) groups is 2. The molecule has 0 unspecified atom stereocenters. The van der Waals surface area contributed by atoms with Crippen LogP contribution in [-0.2, 0) is 16.8 Å². The van der Waals surface area contributed by atoms with Crippen LogP contribution in [-0.4, -0.2) is 26.9 Å². The third-order valence-corrected chi connectivity index (χ3v) is 5.84. The molecular weight excluding hydrogens is 418 g/mol. The Hall–Kier alpha value is -3.55. The van der Waals surface area contributed by atoms with Crippen molar-refractivity contribution in [1.82, 2.24) is 20.4 Å². The fourth-order valence-electron chi connectivity index (χ4n) is 3.53. The lowest BCUT2D eigenvalue weighted by Gasteiger charge is -2.11. The Morgan fingerprint density at radius 3 is 2.52 bits per heavy atom. The number of aryl methyl sites for hydroxylation is 1. The Morgan fingerprint density at radius 1 is 1.15 bits per heavy atom. The number of anilines is 1. The Bertz CT molecular complexity index is 1190. The number of aromatic nitrogens is 3. The van der Waals surface area contributed by atoms with E-state index in [0.717, 1.165) is 28.7 Å². The monoisotopic (exact) mass is 447 g/mol. The molecule has 2 atom stereocenters. The van der Waals surface area contributed by atoms with E-state index in [0.29, 0.717) is 24.2 Å². The molecule has 172 valence electrons. The number of carbonyl (C=O) groups excluding carboxylic acids is 2. The van der Waals surface area contributed by atoms with Crippen LogP contribution in [0.2, 0.25) is 0 Å². The van der Waals surface area contributed by atoms with Crippen molar-refractivity contribution in [2.24, 2.45) is 11.8 Å². The molecule has 3 aromatic rings. The van der Waals surface area contributed by atoms with Gasteiger partial charge in [0.1, 0.15) is 5.82 Å². The van der Waals surface area contributed by atoms with E-state index in [9.17, 15) is 9.59 Å². The minimum absolute atomic E-state index is 0.0288. The van der Waals surface area contributed by atoms with Crippen molar-refractivity contribution in [3.63, 3.8) is 0 Å². The van der Waals surface area contributed by atoms with E-state index in [4.69, 9.17) is 4.52 Å². The second kappa shape index (κ2) is 8.77. The van der Waals surface area contributed by atoms with Gasteiger partial charge in [0.15, 0.2) is 0 Å². The number of nitrogens with one attached hydrogen (secondary N) is 2. The number of rotatable bonds is 6. The lowest BCUT2D eigenvalue weighted by molar-refractivity contribution is -0.117. The Labute approximate surface area is 193 Å². The summed E-state index contributed by atoms with van der Waals surface area (Å²) in [5.74, 6) is 1.21. The van der Waals surface area contributed by atoms with E-state index in [1.54, 1.807) is 6.20 Å². The van der Waals surface area contributed by atoms with Gasteiger partial charge in [-0.2, -0.15) is 4.98 Å². The van der Waals surface area contributed by atoms with Crippen LogP contribution in [0.5, 0.6) is 0 Å². The third kappa shape index (κ3) is 5.27. The van der Waals surface area contributed by atoms with Gasteiger partial charge < -0.3 is 15.2 Å². The van der Waals surface area contributed by atoms with Gasteiger partial charge in [0.2, 0.25) is 11.8 Å². The highest BCUT2D eigenvalue weighted by Gasteiger charge is 2.39. The molecule has 0 aliphatic heterocycles. The fraction of sp³-hybridized carbons (Fsp3) is 0.400. The first-order chi connectivity index (χ1) is 15.6. The van der Waals surface area contributed by atoms with Crippen molar-refractivity contribution in [3.8, 4) is 11.1 Å². The molecule has 0 spiro atoms. The van der Waals surface area contributed by atoms with E-state index in [1.165, 1.54) is 0 Å². The summed E-state index contributed by atoms with van der Waals surface area (Å²) in [7, 11) is 0. The highest BCUT2D eigenvalue weighted by molar-refractivity contribution is 5.94. The second-order valence-electron chi connectivity index (χ2n) is 9.74. The van der Waals surface area contributed by atoms with Gasteiger partial charge in [-0.1, -0.05) is 51.1 Å². The van der Waals surface area contributed by atoms with Gasteiger partial charge in [-0.3, -0.25) is 9.59 Å². The van der Waals surface area contributed by atoms with E-state index in [2.05, 4.69) is 38.7 Å². The minimum atomic E-state index is -0.378. The quantitative estimate of drug-likeness (QED) is 0.584. The second-order valence-corrected chi connectivity index (χ2v) is 9.74. The highest BCUT2D eigenvalue weighted by atomic mass is 16.5. The first-order valence-electron chi connectivity index (χ1n) is 11.1. The summed E-state index contributed by atoms with van der Waals surface area (Å²) in [6, 6.07) is 9.81. The number of amides is 2. The smallest absolute Gasteiger partial charge is 0.292 e. The van der Waals surface area contributed by atoms with Gasteiger partial charge in [0.25, 0.3) is 11.7 Å². The topological polar surface area (TPSA) is 110 Å². The van der Waals surface area contributed by atoms with E-state index in [1.807, 2.05) is 52.0 Å². The Morgan fingerprint density at radius 2 is 1.88 bits per heavy atom. The van der Waals surface area contributed by atoms with Crippen LogP contribution >= 0.6 is 0 Å². The molecule has 1 aliphatic carbocycles. The fourth-order valence-corrected chi connectivity index (χ4v) is 3.53. The molecule has 0 bridgehead atoms. The van der Waals surface area contributed by atoms with Gasteiger partial charge in [-0.15, -0.1) is 0 Å². The Balaban J connectivity index is 1.41. The van der Waals surface area contributed by atoms with Gasteiger partial charge >= 0.3 is 0 Å². The van der Waals surface area contributed by atoms with Crippen molar-refractivity contribution < 1.29 is 14.1 Å². The number of benzene rings is 1. The van der Waals surface area contributed by atoms with Crippen LogP contribution in [0.25, 0.3) is 11.1 Å². The predicted molar refractivity (Wildman–Crippen MR) is 124 cm³/mol. The summed E-state index contributed by atoms with van der Waals surface area (Å²) < 4.78 is 5.19. The van der Waals surface area contributed by atoms with Crippen molar-refractivity contribution in [2.45, 2.75) is 53.0 Å². The van der Waals surface area contributed by atoms with Gasteiger partial charge in [0.05, 0.1) is 0 Å². The largest absolute Gasteiger partial charge is 0.345 e.